The van der Waals surface area contributed by atoms with Gasteiger partial charge in [0.05, 0.1) is 11.8 Å². The molecule has 0 radical (unpaired) electrons. The number of nitrogens with one attached hydrogen (secondary N) is 1. The van der Waals surface area contributed by atoms with Crippen LogP contribution in [0.2, 0.25) is 0 Å². The number of hydrogen-bond donors (Lipinski definition) is 1. The van der Waals surface area contributed by atoms with Crippen LogP contribution in [0.25, 0.3) is 0 Å². The lowest BCUT2D eigenvalue weighted by atomic mass is 10.3. The molecule has 7 heteroatoms. The predicted molar refractivity (Wildman–Crippen MR) is 64.1 cm³/mol. The number of hydrogen-bond acceptors (Lipinski definition) is 4. The third-order valence-corrected chi connectivity index (χ3v) is 4.27. The Morgan fingerprint density at radius 1 is 1.25 bits per heavy atom. The van der Waals surface area contributed by atoms with Crippen LogP contribution in [-0.4, -0.2) is 46.6 Å². The summed E-state index contributed by atoms with van der Waals surface area (Å²) in [6, 6.07) is -0.442. The number of sulfonamides is 1. The molecule has 0 amide bonds. The van der Waals surface area contributed by atoms with Gasteiger partial charge in [-0.3, -0.25) is 0 Å². The molecular formula is C9H20ClNO4S. The van der Waals surface area contributed by atoms with E-state index in [1.165, 1.54) is 14.2 Å². The summed E-state index contributed by atoms with van der Waals surface area (Å²) >= 11 is 5.57. The number of ether oxygens (including phenoxy) is 2. The monoisotopic (exact) mass is 273 g/mol. The molecule has 0 aliphatic carbocycles. The smallest absolute Gasteiger partial charge is 0.212 e. The molecule has 5 nitrogen and oxygen atoms in total. The first-order valence-electron chi connectivity index (χ1n) is 4.97. The topological polar surface area (TPSA) is 64.6 Å². The van der Waals surface area contributed by atoms with E-state index in [2.05, 4.69) is 4.72 Å². The summed E-state index contributed by atoms with van der Waals surface area (Å²) in [5.74, 6) is 0.226. The Labute approximate surface area is 102 Å². The summed E-state index contributed by atoms with van der Waals surface area (Å²) in [6.07, 6.45) is -0.596. The van der Waals surface area contributed by atoms with E-state index in [4.69, 9.17) is 21.1 Å². The van der Waals surface area contributed by atoms with Gasteiger partial charge in [0.25, 0.3) is 0 Å². The minimum Gasteiger partial charge on any atom is -0.354 e. The molecule has 1 N–H and O–H groups in total. The van der Waals surface area contributed by atoms with Crippen LogP contribution in [0.15, 0.2) is 0 Å². The van der Waals surface area contributed by atoms with Gasteiger partial charge in [-0.05, 0) is 12.8 Å². The van der Waals surface area contributed by atoms with Crippen molar-refractivity contribution in [1.29, 1.82) is 0 Å². The summed E-state index contributed by atoms with van der Waals surface area (Å²) in [6.45, 7) is 3.46. The molecule has 0 aromatic carbocycles. The first-order chi connectivity index (χ1) is 7.36. The molecule has 2 atom stereocenters. The van der Waals surface area contributed by atoms with Gasteiger partial charge in [-0.15, -0.1) is 11.6 Å². The lowest BCUT2D eigenvalue weighted by Crippen LogP contribution is -2.44. The van der Waals surface area contributed by atoms with Gasteiger partial charge in [0, 0.05) is 20.1 Å². The molecule has 0 aliphatic rings. The number of rotatable bonds is 8. The van der Waals surface area contributed by atoms with Crippen molar-refractivity contribution in [3.63, 3.8) is 0 Å². The van der Waals surface area contributed by atoms with E-state index in [0.29, 0.717) is 5.88 Å². The van der Waals surface area contributed by atoms with Gasteiger partial charge in [-0.25, -0.2) is 13.1 Å². The molecule has 0 saturated heterocycles. The third-order valence-electron chi connectivity index (χ3n) is 2.01. The molecule has 2 unspecified atom stereocenters. The Morgan fingerprint density at radius 2 is 1.75 bits per heavy atom. The van der Waals surface area contributed by atoms with Gasteiger partial charge in [-0.2, -0.15) is 0 Å². The minimum atomic E-state index is -3.35. The second kappa shape index (κ2) is 7.45. The van der Waals surface area contributed by atoms with Crippen LogP contribution in [0.1, 0.15) is 13.8 Å². The van der Waals surface area contributed by atoms with E-state index in [9.17, 15) is 8.42 Å². The molecule has 0 aliphatic heterocycles. The van der Waals surface area contributed by atoms with Crippen LogP contribution < -0.4 is 4.72 Å². The molecule has 16 heavy (non-hydrogen) atoms. The summed E-state index contributed by atoms with van der Waals surface area (Å²) in [5, 5.41) is 0. The first-order valence-corrected chi connectivity index (χ1v) is 7.16. The van der Waals surface area contributed by atoms with Crippen molar-refractivity contribution in [3.05, 3.63) is 0 Å². The zero-order valence-corrected chi connectivity index (χ0v) is 11.6. The standard InChI is InChI=1S/C9H20ClNO4S/c1-7(5-10)6-16(12,13)11-8(2)9(14-3)15-4/h7-9,11H,5-6H2,1-4H3. The normalized spacial score (nSPS) is 16.4. The highest BCUT2D eigenvalue weighted by molar-refractivity contribution is 7.89. The second-order valence-electron chi connectivity index (χ2n) is 3.79. The Bertz CT molecular complexity index is 279. The van der Waals surface area contributed by atoms with E-state index in [0.717, 1.165) is 0 Å². The van der Waals surface area contributed by atoms with Crippen LogP contribution >= 0.6 is 11.6 Å². The second-order valence-corrected chi connectivity index (χ2v) is 5.89. The Morgan fingerprint density at radius 3 is 2.12 bits per heavy atom. The first kappa shape index (κ1) is 16.1. The quantitative estimate of drug-likeness (QED) is 0.525. The van der Waals surface area contributed by atoms with E-state index in [-0.39, 0.29) is 11.7 Å². The summed E-state index contributed by atoms with van der Waals surface area (Å²) in [7, 11) is -0.434. The van der Waals surface area contributed by atoms with Gasteiger partial charge in [0.15, 0.2) is 6.29 Å². The fraction of sp³-hybridized carbons (Fsp3) is 1.00. The van der Waals surface area contributed by atoms with E-state index >= 15 is 0 Å². The van der Waals surface area contributed by atoms with Gasteiger partial charge in [0.2, 0.25) is 10.0 Å². The summed E-state index contributed by atoms with van der Waals surface area (Å²) < 4.78 is 35.7. The highest BCUT2D eigenvalue weighted by Crippen LogP contribution is 2.05. The molecule has 0 bridgehead atoms. The van der Waals surface area contributed by atoms with Crippen molar-refractivity contribution in [2.45, 2.75) is 26.2 Å². The van der Waals surface area contributed by atoms with Crippen molar-refractivity contribution < 1.29 is 17.9 Å². The van der Waals surface area contributed by atoms with Crippen LogP contribution in [0.5, 0.6) is 0 Å². The SMILES string of the molecule is COC(OC)C(C)NS(=O)(=O)CC(C)CCl. The van der Waals surface area contributed by atoms with Crippen molar-refractivity contribution in [3.8, 4) is 0 Å². The molecule has 0 rings (SSSR count). The van der Waals surface area contributed by atoms with Crippen molar-refractivity contribution in [2.24, 2.45) is 5.92 Å². The molecule has 0 fully saturated rings. The Balaban J connectivity index is 4.35. The van der Waals surface area contributed by atoms with Crippen LogP contribution in [0.3, 0.4) is 0 Å². The lowest BCUT2D eigenvalue weighted by molar-refractivity contribution is -0.115. The maximum Gasteiger partial charge on any atom is 0.212 e. The highest BCUT2D eigenvalue weighted by Gasteiger charge is 2.23. The summed E-state index contributed by atoms with van der Waals surface area (Å²) in [4.78, 5) is 0. The molecule has 0 saturated carbocycles. The lowest BCUT2D eigenvalue weighted by Gasteiger charge is -2.22. The van der Waals surface area contributed by atoms with Crippen LogP contribution in [0, 0.1) is 5.92 Å². The van der Waals surface area contributed by atoms with Crippen molar-refractivity contribution >= 4 is 21.6 Å². The Hall–Kier alpha value is 0.120. The molecule has 0 aromatic rings. The average Bonchev–Trinajstić information content (AvgIpc) is 2.17. The minimum absolute atomic E-state index is 0.000981. The summed E-state index contributed by atoms with van der Waals surface area (Å²) in [5.41, 5.74) is 0. The molecular weight excluding hydrogens is 254 g/mol. The largest absolute Gasteiger partial charge is 0.354 e. The van der Waals surface area contributed by atoms with Gasteiger partial charge in [0.1, 0.15) is 0 Å². The fourth-order valence-corrected chi connectivity index (χ4v) is 3.19. The molecule has 0 aromatic heterocycles. The molecule has 0 heterocycles. The van der Waals surface area contributed by atoms with Gasteiger partial charge < -0.3 is 9.47 Å². The molecule has 0 spiro atoms. The maximum absolute atomic E-state index is 11.7. The van der Waals surface area contributed by atoms with E-state index < -0.39 is 22.4 Å². The van der Waals surface area contributed by atoms with E-state index in [1.807, 2.05) is 0 Å². The average molecular weight is 274 g/mol. The Kier molecular flexibility index (Phi) is 7.50. The number of methoxy groups -OCH3 is 2. The maximum atomic E-state index is 11.7. The fourth-order valence-electron chi connectivity index (χ4n) is 1.31. The number of halogens is 1. The van der Waals surface area contributed by atoms with Crippen LogP contribution in [0.4, 0.5) is 0 Å². The van der Waals surface area contributed by atoms with E-state index in [1.54, 1.807) is 13.8 Å². The highest BCUT2D eigenvalue weighted by atomic mass is 35.5. The molecule has 98 valence electrons. The van der Waals surface area contributed by atoms with Crippen molar-refractivity contribution in [1.82, 2.24) is 4.72 Å². The van der Waals surface area contributed by atoms with Crippen LogP contribution in [-0.2, 0) is 19.5 Å². The van der Waals surface area contributed by atoms with Gasteiger partial charge >= 0.3 is 0 Å². The van der Waals surface area contributed by atoms with Crippen molar-refractivity contribution in [2.75, 3.05) is 25.9 Å². The predicted octanol–water partition coefficient (Wildman–Crippen LogP) is 0.788. The number of alkyl halides is 1. The third kappa shape index (κ3) is 6.00. The zero-order valence-electron chi connectivity index (χ0n) is 10.1. The zero-order chi connectivity index (χ0) is 12.8. The van der Waals surface area contributed by atoms with Gasteiger partial charge in [-0.1, -0.05) is 6.92 Å².